The SMILES string of the molecule is C=C(C=Nc1c(C)cccc1C)N=C/C=C\C. The molecular formula is C15H18N2. The molecule has 0 aliphatic carbocycles. The zero-order valence-electron chi connectivity index (χ0n) is 10.6. The molecule has 0 saturated carbocycles. The highest BCUT2D eigenvalue weighted by atomic mass is 14.8. The van der Waals surface area contributed by atoms with E-state index in [1.165, 1.54) is 0 Å². The molecule has 0 spiro atoms. The summed E-state index contributed by atoms with van der Waals surface area (Å²) in [7, 11) is 0. The third kappa shape index (κ3) is 4.19. The fourth-order valence-electron chi connectivity index (χ4n) is 1.41. The zero-order valence-corrected chi connectivity index (χ0v) is 10.6. The number of para-hydroxylation sites is 1. The molecule has 0 aliphatic rings. The van der Waals surface area contributed by atoms with Crippen LogP contribution < -0.4 is 0 Å². The number of benzene rings is 1. The summed E-state index contributed by atoms with van der Waals surface area (Å²) in [5.74, 6) is 0. The van der Waals surface area contributed by atoms with Crippen molar-refractivity contribution < 1.29 is 0 Å². The quantitative estimate of drug-likeness (QED) is 0.688. The fourth-order valence-corrected chi connectivity index (χ4v) is 1.41. The Hall–Kier alpha value is -1.96. The topological polar surface area (TPSA) is 24.7 Å². The molecule has 0 heterocycles. The average molecular weight is 226 g/mol. The number of hydrogen-bond acceptors (Lipinski definition) is 2. The van der Waals surface area contributed by atoms with Crippen molar-refractivity contribution in [1.29, 1.82) is 0 Å². The van der Waals surface area contributed by atoms with Gasteiger partial charge < -0.3 is 0 Å². The fraction of sp³-hybridized carbons (Fsp3) is 0.200. The first-order chi connectivity index (χ1) is 8.15. The van der Waals surface area contributed by atoms with Gasteiger partial charge >= 0.3 is 0 Å². The van der Waals surface area contributed by atoms with Crippen molar-refractivity contribution in [2.75, 3.05) is 0 Å². The molecule has 17 heavy (non-hydrogen) atoms. The van der Waals surface area contributed by atoms with Gasteiger partial charge in [0, 0.05) is 6.21 Å². The van der Waals surface area contributed by atoms with Gasteiger partial charge in [0.15, 0.2) is 0 Å². The Bertz CT molecular complexity index is 459. The summed E-state index contributed by atoms with van der Waals surface area (Å²) in [4.78, 5) is 8.55. The standard InChI is InChI=1S/C15H18N2/c1-5-6-10-16-14(4)11-17-15-12(2)8-7-9-13(15)3/h5-11H,4H2,1-3H3/b6-5-,16-10?,17-11?. The predicted octanol–water partition coefficient (Wildman–Crippen LogP) is 4.17. The second-order valence-corrected chi connectivity index (χ2v) is 3.79. The lowest BCUT2D eigenvalue weighted by atomic mass is 10.1. The second-order valence-electron chi connectivity index (χ2n) is 3.79. The maximum Gasteiger partial charge on any atom is 0.0740 e. The van der Waals surface area contributed by atoms with Crippen molar-refractivity contribution in [3.63, 3.8) is 0 Å². The van der Waals surface area contributed by atoms with Crippen molar-refractivity contribution in [2.24, 2.45) is 9.98 Å². The molecule has 1 aromatic carbocycles. The van der Waals surface area contributed by atoms with E-state index >= 15 is 0 Å². The molecule has 0 atom stereocenters. The molecular weight excluding hydrogens is 208 g/mol. The van der Waals surface area contributed by atoms with Crippen LogP contribution in [0.3, 0.4) is 0 Å². The number of aryl methyl sites for hydroxylation is 2. The zero-order chi connectivity index (χ0) is 12.7. The van der Waals surface area contributed by atoms with Crippen molar-refractivity contribution in [3.8, 4) is 0 Å². The van der Waals surface area contributed by atoms with Gasteiger partial charge in [-0.3, -0.25) is 9.98 Å². The number of rotatable bonds is 4. The third-order valence-corrected chi connectivity index (χ3v) is 2.30. The minimum atomic E-state index is 0.644. The molecule has 0 aliphatic heterocycles. The highest BCUT2D eigenvalue weighted by Gasteiger charge is 1.98. The highest BCUT2D eigenvalue weighted by Crippen LogP contribution is 2.22. The lowest BCUT2D eigenvalue weighted by Crippen LogP contribution is -1.82. The van der Waals surface area contributed by atoms with E-state index in [1.807, 2.05) is 51.1 Å². The van der Waals surface area contributed by atoms with Gasteiger partial charge in [-0.1, -0.05) is 30.9 Å². The van der Waals surface area contributed by atoms with Gasteiger partial charge in [-0.2, -0.15) is 0 Å². The highest BCUT2D eigenvalue weighted by molar-refractivity contribution is 5.84. The van der Waals surface area contributed by atoms with Crippen LogP contribution in [0.4, 0.5) is 5.69 Å². The molecule has 0 aromatic heterocycles. The summed E-state index contributed by atoms with van der Waals surface area (Å²) in [6, 6.07) is 6.12. The normalized spacial score (nSPS) is 11.9. The molecule has 0 amide bonds. The van der Waals surface area contributed by atoms with E-state index < -0.39 is 0 Å². The molecule has 0 unspecified atom stereocenters. The molecule has 1 rings (SSSR count). The number of allylic oxidation sites excluding steroid dienone is 3. The van der Waals surface area contributed by atoms with E-state index in [9.17, 15) is 0 Å². The van der Waals surface area contributed by atoms with E-state index in [-0.39, 0.29) is 0 Å². The van der Waals surface area contributed by atoms with Crippen LogP contribution in [-0.2, 0) is 0 Å². The van der Waals surface area contributed by atoms with E-state index in [0.717, 1.165) is 16.8 Å². The first-order valence-corrected chi connectivity index (χ1v) is 5.59. The third-order valence-electron chi connectivity index (χ3n) is 2.30. The Morgan fingerprint density at radius 3 is 2.47 bits per heavy atom. The molecule has 0 radical (unpaired) electrons. The van der Waals surface area contributed by atoms with Crippen LogP contribution in [0.2, 0.25) is 0 Å². The van der Waals surface area contributed by atoms with E-state index in [4.69, 9.17) is 0 Å². The van der Waals surface area contributed by atoms with E-state index in [2.05, 4.69) is 16.6 Å². The van der Waals surface area contributed by atoms with Crippen LogP contribution in [0.25, 0.3) is 0 Å². The predicted molar refractivity (Wildman–Crippen MR) is 76.5 cm³/mol. The molecule has 0 N–H and O–H groups in total. The summed E-state index contributed by atoms with van der Waals surface area (Å²) in [5.41, 5.74) is 3.96. The van der Waals surface area contributed by atoms with Crippen molar-refractivity contribution >= 4 is 18.1 Å². The molecule has 1 aromatic rings. The average Bonchev–Trinajstić information content (AvgIpc) is 2.29. The van der Waals surface area contributed by atoms with Crippen molar-refractivity contribution in [3.05, 3.63) is 53.8 Å². The smallest absolute Gasteiger partial charge is 0.0740 e. The molecule has 0 bridgehead atoms. The molecule has 2 heteroatoms. The molecule has 0 fully saturated rings. The molecule has 0 saturated heterocycles. The van der Waals surface area contributed by atoms with E-state index in [1.54, 1.807) is 12.4 Å². The maximum atomic E-state index is 4.42. The molecule has 88 valence electrons. The lowest BCUT2D eigenvalue weighted by Gasteiger charge is -2.02. The number of hydrogen-bond donors (Lipinski definition) is 0. The monoisotopic (exact) mass is 226 g/mol. The van der Waals surface area contributed by atoms with Gasteiger partial charge in [-0.15, -0.1) is 0 Å². The first-order valence-electron chi connectivity index (χ1n) is 5.59. The van der Waals surface area contributed by atoms with E-state index in [0.29, 0.717) is 5.70 Å². The summed E-state index contributed by atoms with van der Waals surface area (Å²) < 4.78 is 0. The summed E-state index contributed by atoms with van der Waals surface area (Å²) in [6.07, 6.45) is 7.17. The Balaban J connectivity index is 2.81. The number of aliphatic imine (C=N–C) groups is 2. The van der Waals surface area contributed by atoms with Gasteiger partial charge in [0.2, 0.25) is 0 Å². The summed E-state index contributed by atoms with van der Waals surface area (Å²) in [5, 5.41) is 0. The Labute approximate surface area is 103 Å². The van der Waals surface area contributed by atoms with Crippen LogP contribution in [-0.4, -0.2) is 12.4 Å². The first kappa shape index (κ1) is 13.1. The van der Waals surface area contributed by atoms with Gasteiger partial charge in [0.1, 0.15) is 0 Å². The Morgan fingerprint density at radius 1 is 1.24 bits per heavy atom. The van der Waals surface area contributed by atoms with Crippen molar-refractivity contribution in [2.45, 2.75) is 20.8 Å². The van der Waals surface area contributed by atoms with Crippen LogP contribution in [0.15, 0.2) is 52.6 Å². The van der Waals surface area contributed by atoms with Crippen LogP contribution in [0.5, 0.6) is 0 Å². The van der Waals surface area contributed by atoms with Gasteiger partial charge in [-0.05, 0) is 38.0 Å². The Kier molecular flexibility index (Phi) is 5.08. The Morgan fingerprint density at radius 2 is 1.88 bits per heavy atom. The minimum absolute atomic E-state index is 0.644. The summed E-state index contributed by atoms with van der Waals surface area (Å²) in [6.45, 7) is 9.86. The van der Waals surface area contributed by atoms with Gasteiger partial charge in [0.05, 0.1) is 17.6 Å². The van der Waals surface area contributed by atoms with Crippen molar-refractivity contribution in [1.82, 2.24) is 0 Å². The van der Waals surface area contributed by atoms with Gasteiger partial charge in [-0.25, -0.2) is 0 Å². The second kappa shape index (κ2) is 6.59. The largest absolute Gasteiger partial charge is 0.256 e. The molecule has 2 nitrogen and oxygen atoms in total. The van der Waals surface area contributed by atoms with Gasteiger partial charge in [0.25, 0.3) is 0 Å². The van der Waals surface area contributed by atoms with Crippen LogP contribution >= 0.6 is 0 Å². The lowest BCUT2D eigenvalue weighted by molar-refractivity contribution is 1.33. The van der Waals surface area contributed by atoms with Crippen LogP contribution in [0, 0.1) is 13.8 Å². The van der Waals surface area contributed by atoms with Crippen LogP contribution in [0.1, 0.15) is 18.1 Å². The summed E-state index contributed by atoms with van der Waals surface area (Å²) >= 11 is 0. The minimum Gasteiger partial charge on any atom is -0.256 e. The number of nitrogens with zero attached hydrogens (tertiary/aromatic N) is 2. The maximum absolute atomic E-state index is 4.42.